The lowest BCUT2D eigenvalue weighted by molar-refractivity contribution is -0.359. The van der Waals surface area contributed by atoms with Crippen molar-refractivity contribution >= 4 is 5.91 Å². The standard InChI is InChI=1S/C66H113NO13/c1-3-5-7-9-11-13-15-17-19-21-23-24-25-26-27-28-29-30-32-34-36-38-40-42-44-46-48-50-58(71)67-54(55(70)49-47-45-43-41-39-37-35-33-31-22-20-18-16-14-12-10-8-6-4-2)53-77-65-63(76)61(74)64(57(52-69)79-65)80-66-62(75)60(73)59(72)56(51-68)78-66/h5,7,11,13,17,19,23-24,26-27,29-30,39,41,47,49,54-57,59-66,68-70,72-76H,3-4,6,8-10,12,14-16,18,20-22,25,28,31-38,40,42-46,48,50-53H2,1-2H3,(H,67,71)/b7-5-,13-11-,19-17-,24-23-,27-26-,30-29-,41-39+,49-47+. The molecule has 0 saturated carbocycles. The van der Waals surface area contributed by atoms with E-state index in [-0.39, 0.29) is 18.9 Å². The number of hydrogen-bond donors (Lipinski definition) is 9. The van der Waals surface area contributed by atoms with Crippen LogP contribution in [0.2, 0.25) is 0 Å². The normalized spacial score (nSPS) is 24.9. The lowest BCUT2D eigenvalue weighted by Crippen LogP contribution is -2.65. The number of amides is 1. The van der Waals surface area contributed by atoms with E-state index in [1.54, 1.807) is 6.08 Å². The van der Waals surface area contributed by atoms with Crippen molar-refractivity contribution in [1.82, 2.24) is 5.32 Å². The van der Waals surface area contributed by atoms with E-state index in [9.17, 15) is 45.6 Å². The number of aliphatic hydroxyl groups excluding tert-OH is 8. The minimum atomic E-state index is -1.80. The zero-order valence-electron chi connectivity index (χ0n) is 49.5. The number of carbonyl (C=O) groups is 1. The number of allylic oxidation sites excluding steroid dienone is 15. The Morgan fingerprint density at radius 1 is 0.463 bits per heavy atom. The molecule has 2 heterocycles. The molecule has 12 unspecified atom stereocenters. The summed E-state index contributed by atoms with van der Waals surface area (Å²) >= 11 is 0. The van der Waals surface area contributed by atoms with Gasteiger partial charge in [-0.25, -0.2) is 0 Å². The molecule has 80 heavy (non-hydrogen) atoms. The van der Waals surface area contributed by atoms with Crippen LogP contribution < -0.4 is 5.32 Å². The molecule has 14 heteroatoms. The highest BCUT2D eigenvalue weighted by Crippen LogP contribution is 2.30. The quantitative estimate of drug-likeness (QED) is 0.0204. The molecule has 1 amide bonds. The highest BCUT2D eigenvalue weighted by Gasteiger charge is 2.51. The molecule has 0 aromatic rings. The van der Waals surface area contributed by atoms with Crippen molar-refractivity contribution in [3.05, 3.63) is 97.2 Å². The summed E-state index contributed by atoms with van der Waals surface area (Å²) in [7, 11) is 0. The molecule has 2 rings (SSSR count). The van der Waals surface area contributed by atoms with Crippen LogP contribution in [-0.4, -0.2) is 140 Å². The predicted octanol–water partition coefficient (Wildman–Crippen LogP) is 11.4. The van der Waals surface area contributed by atoms with Crippen molar-refractivity contribution < 1.29 is 64.6 Å². The molecule has 460 valence electrons. The summed E-state index contributed by atoms with van der Waals surface area (Å²) in [6.45, 7) is 2.66. The van der Waals surface area contributed by atoms with E-state index in [1.807, 2.05) is 6.08 Å². The highest BCUT2D eigenvalue weighted by molar-refractivity contribution is 5.76. The van der Waals surface area contributed by atoms with E-state index in [0.717, 1.165) is 83.5 Å². The third-order valence-electron chi connectivity index (χ3n) is 14.8. The number of carbonyl (C=O) groups excluding carboxylic acids is 1. The van der Waals surface area contributed by atoms with Gasteiger partial charge in [-0.15, -0.1) is 0 Å². The van der Waals surface area contributed by atoms with E-state index >= 15 is 0 Å². The van der Waals surface area contributed by atoms with Crippen molar-refractivity contribution in [3.8, 4) is 0 Å². The Labute approximate surface area is 483 Å². The molecule has 9 N–H and O–H groups in total. The van der Waals surface area contributed by atoms with Crippen LogP contribution in [-0.2, 0) is 23.7 Å². The monoisotopic (exact) mass is 1130 g/mol. The fourth-order valence-corrected chi connectivity index (χ4v) is 9.72. The average Bonchev–Trinajstić information content (AvgIpc) is 3.49. The fourth-order valence-electron chi connectivity index (χ4n) is 9.72. The average molecular weight is 1130 g/mol. The van der Waals surface area contributed by atoms with Crippen molar-refractivity contribution in [3.63, 3.8) is 0 Å². The molecule has 2 saturated heterocycles. The first kappa shape index (κ1) is 73.0. The van der Waals surface area contributed by atoms with E-state index in [4.69, 9.17) is 18.9 Å². The number of rotatable bonds is 49. The van der Waals surface area contributed by atoms with Crippen molar-refractivity contribution in [2.75, 3.05) is 19.8 Å². The zero-order chi connectivity index (χ0) is 58.1. The van der Waals surface area contributed by atoms with Gasteiger partial charge in [0, 0.05) is 6.42 Å². The van der Waals surface area contributed by atoms with Crippen LogP contribution in [0.1, 0.15) is 219 Å². The third-order valence-corrected chi connectivity index (χ3v) is 14.8. The van der Waals surface area contributed by atoms with Gasteiger partial charge in [0.25, 0.3) is 0 Å². The Morgan fingerprint density at radius 3 is 1.38 bits per heavy atom. The maximum atomic E-state index is 13.3. The number of ether oxygens (including phenoxy) is 4. The summed E-state index contributed by atoms with van der Waals surface area (Å²) < 4.78 is 22.8. The number of unbranched alkanes of at least 4 members (excludes halogenated alkanes) is 22. The summed E-state index contributed by atoms with van der Waals surface area (Å²) in [6.07, 6.45) is 53.0. The summed E-state index contributed by atoms with van der Waals surface area (Å²) in [5, 5.41) is 87.2. The summed E-state index contributed by atoms with van der Waals surface area (Å²) in [5.41, 5.74) is 0. The van der Waals surface area contributed by atoms with Crippen LogP contribution in [0.15, 0.2) is 97.2 Å². The molecule has 14 nitrogen and oxygen atoms in total. The van der Waals surface area contributed by atoms with Crippen molar-refractivity contribution in [1.29, 1.82) is 0 Å². The zero-order valence-corrected chi connectivity index (χ0v) is 49.5. The molecule has 2 aliphatic heterocycles. The van der Waals surface area contributed by atoms with E-state index in [1.165, 1.54) is 103 Å². The second-order valence-electron chi connectivity index (χ2n) is 21.8. The van der Waals surface area contributed by atoms with E-state index in [2.05, 4.69) is 104 Å². The van der Waals surface area contributed by atoms with Gasteiger partial charge < -0.3 is 65.1 Å². The van der Waals surface area contributed by atoms with Crippen LogP contribution in [0.5, 0.6) is 0 Å². The molecule has 0 bridgehead atoms. The Morgan fingerprint density at radius 2 is 0.875 bits per heavy atom. The van der Waals surface area contributed by atoms with Crippen molar-refractivity contribution in [2.45, 2.75) is 293 Å². The van der Waals surface area contributed by atoms with Gasteiger partial charge in [-0.3, -0.25) is 4.79 Å². The Bertz CT molecular complexity index is 1710. The molecule has 0 radical (unpaired) electrons. The minimum absolute atomic E-state index is 0.258. The predicted molar refractivity (Wildman–Crippen MR) is 323 cm³/mol. The van der Waals surface area contributed by atoms with E-state index < -0.39 is 86.8 Å². The first-order chi connectivity index (χ1) is 39.1. The second kappa shape index (κ2) is 50.4. The maximum Gasteiger partial charge on any atom is 0.220 e. The summed E-state index contributed by atoms with van der Waals surface area (Å²) in [5.74, 6) is -0.261. The van der Waals surface area contributed by atoms with Gasteiger partial charge in [0.1, 0.15) is 48.8 Å². The van der Waals surface area contributed by atoms with Crippen LogP contribution in [0, 0.1) is 0 Å². The topological polar surface area (TPSA) is 228 Å². The SMILES string of the molecule is CC/C=C\C/C=C\C/C=C\C/C=C\C/C=C\C/C=C\CCCCCCCCCCC(=O)NC(COC1OC(CO)C(OC2OC(CO)C(O)C(O)C2O)C(O)C1O)C(O)/C=C/CC/C=C/CCCCCCCCCCCCCCC. The van der Waals surface area contributed by atoms with Gasteiger partial charge in [-0.05, 0) is 83.5 Å². The Balaban J connectivity index is 1.76. The van der Waals surface area contributed by atoms with Gasteiger partial charge >= 0.3 is 0 Å². The number of aliphatic hydroxyl groups is 8. The third kappa shape index (κ3) is 35.1. The van der Waals surface area contributed by atoms with Crippen LogP contribution in [0.3, 0.4) is 0 Å². The van der Waals surface area contributed by atoms with Gasteiger partial charge in [0.2, 0.25) is 5.91 Å². The molecule has 12 atom stereocenters. The van der Waals surface area contributed by atoms with Gasteiger partial charge in [-0.1, -0.05) is 227 Å². The molecule has 2 aliphatic rings. The Hall–Kier alpha value is -3.09. The van der Waals surface area contributed by atoms with Crippen LogP contribution >= 0.6 is 0 Å². The molecular formula is C66H113NO13. The lowest BCUT2D eigenvalue weighted by Gasteiger charge is -2.46. The molecule has 0 aliphatic carbocycles. The van der Waals surface area contributed by atoms with E-state index in [0.29, 0.717) is 12.8 Å². The molecule has 2 fully saturated rings. The molecule has 0 spiro atoms. The fraction of sp³-hybridized carbons (Fsp3) is 0.742. The van der Waals surface area contributed by atoms with Gasteiger partial charge in [0.15, 0.2) is 12.6 Å². The first-order valence-corrected chi connectivity index (χ1v) is 31.5. The first-order valence-electron chi connectivity index (χ1n) is 31.5. The van der Waals surface area contributed by atoms with Crippen LogP contribution in [0.4, 0.5) is 0 Å². The lowest BCUT2D eigenvalue weighted by atomic mass is 9.97. The Kier molecular flexibility index (Phi) is 46.0. The van der Waals surface area contributed by atoms with Crippen molar-refractivity contribution in [2.24, 2.45) is 0 Å². The van der Waals surface area contributed by atoms with Gasteiger partial charge in [0.05, 0.1) is 32.0 Å². The summed E-state index contributed by atoms with van der Waals surface area (Å²) in [6, 6.07) is -0.943. The molecular weight excluding hydrogens is 1010 g/mol. The number of hydrogen-bond acceptors (Lipinski definition) is 13. The summed E-state index contributed by atoms with van der Waals surface area (Å²) in [4.78, 5) is 13.3. The van der Waals surface area contributed by atoms with Gasteiger partial charge in [-0.2, -0.15) is 0 Å². The largest absolute Gasteiger partial charge is 0.394 e. The second-order valence-corrected chi connectivity index (χ2v) is 21.8. The van der Waals surface area contributed by atoms with Crippen LogP contribution in [0.25, 0.3) is 0 Å². The maximum absolute atomic E-state index is 13.3. The number of nitrogens with one attached hydrogen (secondary N) is 1. The molecule has 0 aromatic heterocycles. The smallest absolute Gasteiger partial charge is 0.220 e. The highest BCUT2D eigenvalue weighted by atomic mass is 16.7. The molecule has 0 aromatic carbocycles. The minimum Gasteiger partial charge on any atom is -0.394 e.